The van der Waals surface area contributed by atoms with Gasteiger partial charge >= 0.3 is 0 Å². The molecule has 0 heterocycles. The Morgan fingerprint density at radius 1 is 1.05 bits per heavy atom. The number of hydrogen-bond donors (Lipinski definition) is 1. The summed E-state index contributed by atoms with van der Waals surface area (Å²) in [5.74, 6) is 0.997. The van der Waals surface area contributed by atoms with Crippen LogP contribution in [-0.4, -0.2) is 13.2 Å². The Kier molecular flexibility index (Phi) is 5.19. The third-order valence-corrected chi connectivity index (χ3v) is 3.55. The Hall–Kier alpha value is -1.80. The second kappa shape index (κ2) is 7.11. The van der Waals surface area contributed by atoms with Crippen LogP contribution in [0.15, 0.2) is 48.5 Å². The summed E-state index contributed by atoms with van der Waals surface area (Å²) < 4.78 is 5.85. The smallest absolute Gasteiger partial charge is 0.137 e. The Labute approximate surface area is 121 Å². The summed E-state index contributed by atoms with van der Waals surface area (Å²) >= 11 is 0. The lowest BCUT2D eigenvalue weighted by molar-refractivity contribution is -0.693. The molecule has 2 N–H and O–H groups in total. The maximum Gasteiger partial charge on any atom is 0.137 e. The van der Waals surface area contributed by atoms with Crippen LogP contribution in [0.2, 0.25) is 0 Å². The Balaban J connectivity index is 1.76. The summed E-state index contributed by atoms with van der Waals surface area (Å²) in [6, 6.07) is 17.4. The van der Waals surface area contributed by atoms with Crippen molar-refractivity contribution in [2.24, 2.45) is 0 Å². The number of ether oxygens (including phenoxy) is 1. The van der Waals surface area contributed by atoms with E-state index in [1.165, 1.54) is 16.7 Å². The van der Waals surface area contributed by atoms with Gasteiger partial charge < -0.3 is 10.1 Å². The number of rotatable bonds is 6. The molecular weight excluding hydrogens is 246 g/mol. The maximum atomic E-state index is 5.85. The van der Waals surface area contributed by atoms with Crippen molar-refractivity contribution >= 4 is 0 Å². The van der Waals surface area contributed by atoms with Gasteiger partial charge in [-0.3, -0.25) is 0 Å². The Bertz CT molecular complexity index is 536. The monoisotopic (exact) mass is 270 g/mol. The van der Waals surface area contributed by atoms with Crippen LogP contribution in [0.25, 0.3) is 0 Å². The molecule has 0 amide bonds. The largest absolute Gasteiger partial charge is 0.487 e. The zero-order chi connectivity index (χ0) is 14.4. The molecule has 0 aliphatic rings. The van der Waals surface area contributed by atoms with Crippen molar-refractivity contribution in [3.63, 3.8) is 0 Å². The first kappa shape index (κ1) is 14.6. The van der Waals surface area contributed by atoms with Crippen molar-refractivity contribution in [1.82, 2.24) is 0 Å². The van der Waals surface area contributed by atoms with Crippen LogP contribution in [0.1, 0.15) is 29.7 Å². The number of nitrogens with two attached hydrogens (primary N) is 1. The highest BCUT2D eigenvalue weighted by Crippen LogP contribution is 2.18. The molecule has 2 heteroatoms. The average Bonchev–Trinajstić information content (AvgIpc) is 2.46. The third kappa shape index (κ3) is 4.10. The highest BCUT2D eigenvalue weighted by atomic mass is 16.5. The van der Waals surface area contributed by atoms with Crippen LogP contribution in [-0.2, 0) is 0 Å². The van der Waals surface area contributed by atoms with Crippen LogP contribution < -0.4 is 10.1 Å². The summed E-state index contributed by atoms with van der Waals surface area (Å²) in [6.45, 7) is 8.13. The quantitative estimate of drug-likeness (QED) is 0.802. The first-order chi connectivity index (χ1) is 9.66. The number of hydrogen-bond acceptors (Lipinski definition) is 1. The summed E-state index contributed by atoms with van der Waals surface area (Å²) in [6.07, 6.45) is 0. The molecule has 0 aliphatic heterocycles. The van der Waals surface area contributed by atoms with Crippen LogP contribution in [0.3, 0.4) is 0 Å². The Morgan fingerprint density at radius 2 is 1.80 bits per heavy atom. The zero-order valence-electron chi connectivity index (χ0n) is 12.6. The zero-order valence-corrected chi connectivity index (χ0v) is 12.6. The average molecular weight is 270 g/mol. The van der Waals surface area contributed by atoms with E-state index in [9.17, 15) is 0 Å². The lowest BCUT2D eigenvalue weighted by Gasteiger charge is -2.12. The Morgan fingerprint density at radius 3 is 2.50 bits per heavy atom. The van der Waals surface area contributed by atoms with Crippen molar-refractivity contribution in [2.75, 3.05) is 13.2 Å². The number of aryl methyl sites for hydroxylation is 2. The van der Waals surface area contributed by atoms with E-state index >= 15 is 0 Å². The number of quaternary nitrogens is 1. The molecule has 106 valence electrons. The van der Waals surface area contributed by atoms with Gasteiger partial charge in [0.15, 0.2) is 0 Å². The fourth-order valence-electron chi connectivity index (χ4n) is 2.34. The van der Waals surface area contributed by atoms with Crippen LogP contribution >= 0.6 is 0 Å². The minimum Gasteiger partial charge on any atom is -0.487 e. The topological polar surface area (TPSA) is 25.8 Å². The molecule has 0 radical (unpaired) electrons. The lowest BCUT2D eigenvalue weighted by Crippen LogP contribution is -2.85. The van der Waals surface area contributed by atoms with Gasteiger partial charge in [0, 0.05) is 5.56 Å². The predicted octanol–water partition coefficient (Wildman–Crippen LogP) is 3.01. The van der Waals surface area contributed by atoms with Crippen LogP contribution in [0, 0.1) is 13.8 Å². The van der Waals surface area contributed by atoms with Gasteiger partial charge in [-0.15, -0.1) is 0 Å². The summed E-state index contributed by atoms with van der Waals surface area (Å²) in [7, 11) is 0. The SMILES string of the molecule is Cc1ccc(OCC[NH2+][C@@H](C)c2ccccc2)c(C)c1. The maximum absolute atomic E-state index is 5.85. The molecule has 2 aromatic rings. The molecule has 0 bridgehead atoms. The highest BCUT2D eigenvalue weighted by molar-refractivity contribution is 5.35. The molecule has 0 aliphatic carbocycles. The van der Waals surface area contributed by atoms with Gasteiger partial charge in [-0.1, -0.05) is 48.0 Å². The minimum atomic E-state index is 0.471. The van der Waals surface area contributed by atoms with Gasteiger partial charge in [-0.25, -0.2) is 0 Å². The van der Waals surface area contributed by atoms with Gasteiger partial charge in [0.25, 0.3) is 0 Å². The second-order valence-corrected chi connectivity index (χ2v) is 5.34. The van der Waals surface area contributed by atoms with Gasteiger partial charge in [-0.05, 0) is 32.4 Å². The van der Waals surface area contributed by atoms with Gasteiger partial charge in [0.2, 0.25) is 0 Å². The minimum absolute atomic E-state index is 0.471. The fraction of sp³-hybridized carbons (Fsp3) is 0.333. The molecule has 2 aromatic carbocycles. The van der Waals surface area contributed by atoms with Crippen LogP contribution in [0.4, 0.5) is 0 Å². The van der Waals surface area contributed by atoms with E-state index in [-0.39, 0.29) is 0 Å². The van der Waals surface area contributed by atoms with Crippen molar-refractivity contribution in [1.29, 1.82) is 0 Å². The van der Waals surface area contributed by atoms with Crippen LogP contribution in [0.5, 0.6) is 5.75 Å². The van der Waals surface area contributed by atoms with Crippen molar-refractivity contribution in [3.8, 4) is 5.75 Å². The second-order valence-electron chi connectivity index (χ2n) is 5.34. The van der Waals surface area contributed by atoms with Crippen molar-refractivity contribution < 1.29 is 10.1 Å². The van der Waals surface area contributed by atoms with Crippen molar-refractivity contribution in [2.45, 2.75) is 26.8 Å². The summed E-state index contributed by atoms with van der Waals surface area (Å²) in [5.41, 5.74) is 3.85. The van der Waals surface area contributed by atoms with E-state index in [4.69, 9.17) is 4.74 Å². The molecule has 0 saturated heterocycles. The van der Waals surface area contributed by atoms with Gasteiger partial charge in [-0.2, -0.15) is 0 Å². The normalized spacial score (nSPS) is 12.2. The molecule has 0 aromatic heterocycles. The standard InChI is InChI=1S/C18H23NO/c1-14-9-10-18(15(2)13-14)20-12-11-19-16(3)17-7-5-4-6-8-17/h4-10,13,16,19H,11-12H2,1-3H3/p+1/t16-/m0/s1. The fourth-order valence-corrected chi connectivity index (χ4v) is 2.34. The molecule has 2 rings (SSSR count). The first-order valence-electron chi connectivity index (χ1n) is 7.25. The van der Waals surface area contributed by atoms with E-state index < -0.39 is 0 Å². The third-order valence-electron chi connectivity index (χ3n) is 3.55. The molecule has 0 fully saturated rings. The molecule has 0 spiro atoms. The molecule has 2 nitrogen and oxygen atoms in total. The predicted molar refractivity (Wildman–Crippen MR) is 83.1 cm³/mol. The van der Waals surface area contributed by atoms with E-state index in [1.807, 2.05) is 0 Å². The van der Waals surface area contributed by atoms with E-state index in [0.717, 1.165) is 18.9 Å². The highest BCUT2D eigenvalue weighted by Gasteiger charge is 2.07. The van der Waals surface area contributed by atoms with Gasteiger partial charge in [0.05, 0.1) is 0 Å². The van der Waals surface area contributed by atoms with Crippen molar-refractivity contribution in [3.05, 3.63) is 65.2 Å². The number of benzene rings is 2. The lowest BCUT2D eigenvalue weighted by atomic mass is 10.1. The molecular formula is C18H24NO+. The molecule has 0 saturated carbocycles. The molecule has 1 atom stereocenters. The summed E-state index contributed by atoms with van der Waals surface area (Å²) in [4.78, 5) is 0. The van der Waals surface area contributed by atoms with E-state index in [2.05, 4.69) is 74.6 Å². The first-order valence-corrected chi connectivity index (χ1v) is 7.25. The van der Waals surface area contributed by atoms with Gasteiger partial charge in [0.1, 0.15) is 24.9 Å². The van der Waals surface area contributed by atoms with E-state index in [1.54, 1.807) is 0 Å². The summed E-state index contributed by atoms with van der Waals surface area (Å²) in [5, 5.41) is 2.32. The molecule has 0 unspecified atom stereocenters. The van der Waals surface area contributed by atoms with E-state index in [0.29, 0.717) is 6.04 Å². The molecule has 20 heavy (non-hydrogen) atoms.